The normalized spacial score (nSPS) is 13.8. The lowest BCUT2D eigenvalue weighted by Crippen LogP contribution is -2.25. The van der Waals surface area contributed by atoms with Gasteiger partial charge in [-0.3, -0.25) is 0 Å². The van der Waals surface area contributed by atoms with Crippen LogP contribution in [0.3, 0.4) is 0 Å². The largest absolute Gasteiger partial charge is 0.355 e. The Morgan fingerprint density at radius 2 is 1.61 bits per heavy atom. The fourth-order valence-corrected chi connectivity index (χ4v) is 6.80. The number of fused-ring (bicyclic) bond motifs is 5. The second kappa shape index (κ2) is 11.6. The SMILES string of the molecule is C=C/C=C\C1=c2c([nH]c3cccc(-c4ccc5c(c4)N(c4ccccc4)c4ccccc4S5)c23)=CCC=C1C.CC. The van der Waals surface area contributed by atoms with Gasteiger partial charge in [-0.2, -0.15) is 0 Å². The van der Waals surface area contributed by atoms with E-state index >= 15 is 0 Å². The van der Waals surface area contributed by atoms with Crippen molar-refractivity contribution in [2.75, 3.05) is 4.90 Å². The molecular formula is C38H34N2S. The summed E-state index contributed by atoms with van der Waals surface area (Å²) in [4.78, 5) is 8.64. The first-order chi connectivity index (χ1) is 20.2. The molecule has 5 aromatic rings. The summed E-state index contributed by atoms with van der Waals surface area (Å²) in [5.74, 6) is 0. The topological polar surface area (TPSA) is 19.0 Å². The number of anilines is 3. The molecule has 202 valence electrons. The van der Waals surface area contributed by atoms with Crippen LogP contribution in [0.25, 0.3) is 33.7 Å². The van der Waals surface area contributed by atoms with E-state index in [0.717, 1.165) is 17.6 Å². The predicted octanol–water partition coefficient (Wildman–Crippen LogP) is 9.82. The van der Waals surface area contributed by atoms with Gasteiger partial charge >= 0.3 is 0 Å². The molecule has 0 saturated carbocycles. The van der Waals surface area contributed by atoms with Crippen molar-refractivity contribution >= 4 is 51.4 Å². The summed E-state index contributed by atoms with van der Waals surface area (Å²) in [5.41, 5.74) is 9.71. The maximum absolute atomic E-state index is 3.91. The van der Waals surface area contributed by atoms with Gasteiger partial charge in [0.1, 0.15) is 0 Å². The first kappa shape index (κ1) is 26.7. The molecule has 41 heavy (non-hydrogen) atoms. The first-order valence-electron chi connectivity index (χ1n) is 14.3. The van der Waals surface area contributed by atoms with Crippen molar-refractivity contribution in [1.29, 1.82) is 0 Å². The third kappa shape index (κ3) is 4.77. The Balaban J connectivity index is 0.00000148. The predicted molar refractivity (Wildman–Crippen MR) is 179 cm³/mol. The minimum atomic E-state index is 0.911. The second-order valence-electron chi connectivity index (χ2n) is 9.90. The number of rotatable bonds is 4. The summed E-state index contributed by atoms with van der Waals surface area (Å²) in [7, 11) is 0. The number of aromatic nitrogens is 1. The van der Waals surface area contributed by atoms with Crippen molar-refractivity contribution < 1.29 is 0 Å². The highest BCUT2D eigenvalue weighted by Crippen LogP contribution is 2.52. The molecule has 0 spiro atoms. The molecule has 0 fully saturated rings. The van der Waals surface area contributed by atoms with E-state index in [0.29, 0.717) is 0 Å². The van der Waals surface area contributed by atoms with Crippen LogP contribution in [-0.4, -0.2) is 4.98 Å². The fraction of sp³-hybridized carbons (Fsp3) is 0.105. The van der Waals surface area contributed by atoms with Gasteiger partial charge in [0.15, 0.2) is 0 Å². The van der Waals surface area contributed by atoms with Crippen molar-refractivity contribution in [2.45, 2.75) is 37.0 Å². The van der Waals surface area contributed by atoms with Crippen molar-refractivity contribution in [1.82, 2.24) is 4.98 Å². The number of aromatic amines is 1. The van der Waals surface area contributed by atoms with Crippen LogP contribution in [0.2, 0.25) is 0 Å². The number of nitrogens with one attached hydrogen (secondary N) is 1. The molecule has 1 N–H and O–H groups in total. The lowest BCUT2D eigenvalue weighted by molar-refractivity contribution is 1.17. The van der Waals surface area contributed by atoms with Crippen molar-refractivity contribution in [2.24, 2.45) is 0 Å². The molecule has 2 heterocycles. The zero-order chi connectivity index (χ0) is 28.3. The first-order valence-corrected chi connectivity index (χ1v) is 15.1. The highest BCUT2D eigenvalue weighted by atomic mass is 32.2. The van der Waals surface area contributed by atoms with Gasteiger partial charge in [-0.1, -0.05) is 111 Å². The van der Waals surface area contributed by atoms with Gasteiger partial charge in [0.05, 0.1) is 11.4 Å². The molecular weight excluding hydrogens is 516 g/mol. The second-order valence-corrected chi connectivity index (χ2v) is 11.0. The van der Waals surface area contributed by atoms with Crippen LogP contribution < -0.4 is 15.5 Å². The van der Waals surface area contributed by atoms with E-state index in [1.165, 1.54) is 59.4 Å². The quantitative estimate of drug-likeness (QED) is 0.220. The van der Waals surface area contributed by atoms with E-state index in [1.54, 1.807) is 0 Å². The van der Waals surface area contributed by atoms with E-state index in [4.69, 9.17) is 0 Å². The van der Waals surface area contributed by atoms with Crippen LogP contribution in [0.15, 0.2) is 137 Å². The Bertz CT molecular complexity index is 1940. The number of hydrogen-bond donors (Lipinski definition) is 1. The molecule has 3 heteroatoms. The Labute approximate surface area is 246 Å². The molecule has 0 radical (unpaired) electrons. The third-order valence-electron chi connectivity index (χ3n) is 7.54. The van der Waals surface area contributed by atoms with Gasteiger partial charge in [0.25, 0.3) is 0 Å². The van der Waals surface area contributed by atoms with E-state index in [9.17, 15) is 0 Å². The van der Waals surface area contributed by atoms with Crippen LogP contribution in [-0.2, 0) is 0 Å². The van der Waals surface area contributed by atoms with Gasteiger partial charge in [0.2, 0.25) is 0 Å². The molecule has 1 aliphatic carbocycles. The number of para-hydroxylation sites is 2. The molecule has 0 amide bonds. The lowest BCUT2D eigenvalue weighted by atomic mass is 9.96. The fourth-order valence-electron chi connectivity index (χ4n) is 5.76. The minimum absolute atomic E-state index is 0.911. The lowest BCUT2D eigenvalue weighted by Gasteiger charge is -2.33. The van der Waals surface area contributed by atoms with Crippen molar-refractivity contribution in [3.05, 3.63) is 138 Å². The maximum atomic E-state index is 3.91. The van der Waals surface area contributed by atoms with Gasteiger partial charge < -0.3 is 9.88 Å². The monoisotopic (exact) mass is 550 g/mol. The van der Waals surface area contributed by atoms with Gasteiger partial charge in [-0.25, -0.2) is 0 Å². The Kier molecular flexibility index (Phi) is 7.54. The summed E-state index contributed by atoms with van der Waals surface area (Å²) >= 11 is 1.84. The molecule has 2 aliphatic rings. The summed E-state index contributed by atoms with van der Waals surface area (Å²) in [6.45, 7) is 10.1. The molecule has 0 saturated heterocycles. The van der Waals surface area contributed by atoms with Crippen molar-refractivity contribution in [3.8, 4) is 11.1 Å². The van der Waals surface area contributed by atoms with E-state index < -0.39 is 0 Å². The molecule has 1 aromatic heterocycles. The molecule has 0 unspecified atom stereocenters. The maximum Gasteiger partial charge on any atom is 0.0607 e. The average molecular weight is 551 g/mol. The molecule has 4 aromatic carbocycles. The van der Waals surface area contributed by atoms with Crippen LogP contribution in [0.4, 0.5) is 17.1 Å². The van der Waals surface area contributed by atoms with Crippen LogP contribution in [0.5, 0.6) is 0 Å². The zero-order valence-electron chi connectivity index (χ0n) is 23.8. The summed E-state index contributed by atoms with van der Waals surface area (Å²) in [6, 6.07) is 32.9. The standard InChI is InChI=1S/C36H28N2S.C2H6/c1-3-4-15-27-24(2)12-10-17-29-35(27)36-28(16-11-18-30(36)37-29)25-21-22-34-32(23-25)38(26-13-6-5-7-14-26)31-19-8-9-20-33(31)39-34;1-2/h3-9,11-23,37H,1,10H2,2H3;1-2H3/b15-4-;. The zero-order valence-corrected chi connectivity index (χ0v) is 24.6. The number of benzene rings is 4. The number of allylic oxidation sites excluding steroid dienone is 5. The minimum Gasteiger partial charge on any atom is -0.355 e. The highest BCUT2D eigenvalue weighted by Gasteiger charge is 2.25. The number of hydrogen-bond acceptors (Lipinski definition) is 2. The van der Waals surface area contributed by atoms with Gasteiger partial charge in [-0.05, 0) is 78.1 Å². The number of nitrogens with zero attached hydrogens (tertiary/aromatic N) is 1. The third-order valence-corrected chi connectivity index (χ3v) is 8.67. The summed E-state index contributed by atoms with van der Waals surface area (Å²) in [5, 5.41) is 3.71. The highest BCUT2D eigenvalue weighted by molar-refractivity contribution is 7.99. The molecule has 0 bridgehead atoms. The van der Waals surface area contributed by atoms with E-state index in [2.05, 4.69) is 133 Å². The smallest absolute Gasteiger partial charge is 0.0607 e. The Morgan fingerprint density at radius 3 is 2.44 bits per heavy atom. The molecule has 1 aliphatic heterocycles. The van der Waals surface area contributed by atoms with Crippen LogP contribution >= 0.6 is 11.8 Å². The molecule has 7 rings (SSSR count). The van der Waals surface area contributed by atoms with Crippen LogP contribution in [0, 0.1) is 0 Å². The molecule has 2 nitrogen and oxygen atoms in total. The van der Waals surface area contributed by atoms with Crippen LogP contribution in [0.1, 0.15) is 27.2 Å². The summed E-state index contributed by atoms with van der Waals surface area (Å²) < 4.78 is 0. The number of H-pyrrole nitrogens is 1. The Hall–Kier alpha value is -4.47. The van der Waals surface area contributed by atoms with E-state index in [1.807, 2.05) is 37.8 Å². The van der Waals surface area contributed by atoms with Gasteiger partial charge in [-0.15, -0.1) is 0 Å². The van der Waals surface area contributed by atoms with Crippen molar-refractivity contribution in [3.63, 3.8) is 0 Å². The van der Waals surface area contributed by atoms with Gasteiger partial charge in [0, 0.05) is 36.9 Å². The Morgan fingerprint density at radius 1 is 0.829 bits per heavy atom. The van der Waals surface area contributed by atoms with E-state index in [-0.39, 0.29) is 0 Å². The average Bonchev–Trinajstić information content (AvgIpc) is 3.31. The summed E-state index contributed by atoms with van der Waals surface area (Å²) in [6.07, 6.45) is 11.6. The molecule has 0 atom stereocenters.